The van der Waals surface area contributed by atoms with Crippen LogP contribution >= 0.6 is 0 Å². The van der Waals surface area contributed by atoms with Crippen molar-refractivity contribution in [3.63, 3.8) is 0 Å². The van der Waals surface area contributed by atoms with Crippen molar-refractivity contribution in [3.8, 4) is 16.9 Å². The van der Waals surface area contributed by atoms with Crippen LogP contribution in [0.4, 0.5) is 18.0 Å². The second kappa shape index (κ2) is 6.79. The van der Waals surface area contributed by atoms with E-state index in [1.54, 1.807) is 24.3 Å². The van der Waals surface area contributed by atoms with Crippen molar-refractivity contribution in [2.75, 3.05) is 0 Å². The van der Waals surface area contributed by atoms with Crippen LogP contribution in [-0.4, -0.2) is 12.5 Å². The number of carbonyl (C=O) groups is 1. The molecule has 144 valence electrons. The number of para-hydroxylation sites is 1. The van der Waals surface area contributed by atoms with Crippen LogP contribution < -0.4 is 10.5 Å². The van der Waals surface area contributed by atoms with E-state index < -0.39 is 18.6 Å². The summed E-state index contributed by atoms with van der Waals surface area (Å²) in [6, 6.07) is 11.3. The van der Waals surface area contributed by atoms with Gasteiger partial charge in [0.05, 0.1) is 0 Å². The summed E-state index contributed by atoms with van der Waals surface area (Å²) in [5, 5.41) is 0. The van der Waals surface area contributed by atoms with Gasteiger partial charge in [0.1, 0.15) is 11.9 Å². The van der Waals surface area contributed by atoms with E-state index in [0.29, 0.717) is 11.1 Å². The van der Waals surface area contributed by atoms with Gasteiger partial charge in [0.15, 0.2) is 0 Å². The van der Waals surface area contributed by atoms with Crippen molar-refractivity contribution in [3.05, 3.63) is 53.6 Å². The number of ether oxygens (including phenoxy) is 2. The highest BCUT2D eigenvalue weighted by atomic mass is 19.4. The van der Waals surface area contributed by atoms with E-state index in [9.17, 15) is 18.0 Å². The largest absolute Gasteiger partial charge is 0.573 e. The van der Waals surface area contributed by atoms with E-state index in [4.69, 9.17) is 10.5 Å². The average Bonchev–Trinajstić information content (AvgIpc) is 2.56. The fraction of sp³-hybridized carbons (Fsp3) is 0.350. The van der Waals surface area contributed by atoms with Crippen LogP contribution in [0.2, 0.25) is 0 Å². The summed E-state index contributed by atoms with van der Waals surface area (Å²) in [6.45, 7) is 3.98. The number of fused-ring (bicyclic) bond motifs is 1. The second-order valence-electron chi connectivity index (χ2n) is 7.26. The number of benzene rings is 2. The monoisotopic (exact) mass is 379 g/mol. The lowest BCUT2D eigenvalue weighted by Gasteiger charge is -2.39. The normalized spacial score (nSPS) is 18.5. The van der Waals surface area contributed by atoms with Gasteiger partial charge in [-0.15, -0.1) is 13.2 Å². The Kier molecular flexibility index (Phi) is 4.80. The molecule has 0 fully saturated rings. The van der Waals surface area contributed by atoms with Gasteiger partial charge >= 0.3 is 12.5 Å². The minimum atomic E-state index is -4.77. The molecule has 1 aliphatic rings. The maximum atomic E-state index is 12.7. The zero-order valence-electron chi connectivity index (χ0n) is 15.0. The molecule has 0 radical (unpaired) electrons. The van der Waals surface area contributed by atoms with Gasteiger partial charge in [-0.05, 0) is 35.6 Å². The minimum absolute atomic E-state index is 0.258. The number of hydrogen-bond acceptors (Lipinski definition) is 3. The molecule has 0 spiro atoms. The van der Waals surface area contributed by atoms with Crippen LogP contribution in [0.3, 0.4) is 0 Å². The summed E-state index contributed by atoms with van der Waals surface area (Å²) in [6.07, 6.45) is -4.66. The van der Waals surface area contributed by atoms with E-state index in [2.05, 4.69) is 4.74 Å². The predicted molar refractivity (Wildman–Crippen MR) is 94.1 cm³/mol. The molecule has 7 heteroatoms. The van der Waals surface area contributed by atoms with Gasteiger partial charge in [0.25, 0.3) is 0 Å². The quantitative estimate of drug-likeness (QED) is 0.781. The third-order valence-corrected chi connectivity index (χ3v) is 4.83. The van der Waals surface area contributed by atoms with Gasteiger partial charge in [-0.3, -0.25) is 0 Å². The number of halogens is 3. The maximum absolute atomic E-state index is 12.7. The van der Waals surface area contributed by atoms with Gasteiger partial charge in [0.2, 0.25) is 0 Å². The van der Waals surface area contributed by atoms with E-state index in [-0.39, 0.29) is 11.2 Å². The standard InChI is InChI=1S/C20H20F3NO3/c1-19(2)10-9-13-11-12(7-8-15(13)17(19)26-18(24)25)14-5-3-4-6-16(14)27-20(21,22)23/h3-8,11,17H,9-10H2,1-2H3,(H2,24,25). The van der Waals surface area contributed by atoms with Crippen LogP contribution in [0.1, 0.15) is 37.5 Å². The number of amides is 1. The summed E-state index contributed by atoms with van der Waals surface area (Å²) >= 11 is 0. The van der Waals surface area contributed by atoms with E-state index in [1.165, 1.54) is 12.1 Å². The Balaban J connectivity index is 2.02. The number of carbonyl (C=O) groups excluding carboxylic acids is 1. The molecule has 2 N–H and O–H groups in total. The molecule has 4 nitrogen and oxygen atoms in total. The lowest BCUT2D eigenvalue weighted by molar-refractivity contribution is -0.274. The molecule has 2 aromatic rings. The first-order chi connectivity index (χ1) is 12.6. The van der Waals surface area contributed by atoms with E-state index in [1.807, 2.05) is 19.9 Å². The topological polar surface area (TPSA) is 61.6 Å². The molecular weight excluding hydrogens is 359 g/mol. The zero-order valence-corrected chi connectivity index (χ0v) is 15.0. The number of nitrogens with two attached hydrogens (primary N) is 1. The highest BCUT2D eigenvalue weighted by molar-refractivity contribution is 5.72. The average molecular weight is 379 g/mol. The Morgan fingerprint density at radius 1 is 1.19 bits per heavy atom. The number of alkyl halides is 3. The van der Waals surface area contributed by atoms with Gasteiger partial charge in [-0.1, -0.05) is 50.2 Å². The van der Waals surface area contributed by atoms with Gasteiger partial charge in [-0.25, -0.2) is 4.79 Å². The molecule has 0 heterocycles. The Morgan fingerprint density at radius 2 is 1.89 bits per heavy atom. The SMILES string of the molecule is CC1(C)CCc2cc(-c3ccccc3OC(F)(F)F)ccc2C1OC(N)=O. The summed E-state index contributed by atoms with van der Waals surface area (Å²) in [4.78, 5) is 11.3. The minimum Gasteiger partial charge on any atom is -0.441 e. The molecule has 3 rings (SSSR count). The Bertz CT molecular complexity index is 862. The number of rotatable bonds is 3. The Labute approximate surface area is 155 Å². The first kappa shape index (κ1) is 19.1. The van der Waals surface area contributed by atoms with Crippen LogP contribution in [0.25, 0.3) is 11.1 Å². The summed E-state index contributed by atoms with van der Waals surface area (Å²) < 4.78 is 47.5. The lowest BCUT2D eigenvalue weighted by atomic mass is 9.71. The number of hydrogen-bond donors (Lipinski definition) is 1. The molecule has 0 saturated heterocycles. The van der Waals surface area contributed by atoms with Gasteiger partial charge < -0.3 is 15.2 Å². The molecule has 1 aliphatic carbocycles. The lowest BCUT2D eigenvalue weighted by Crippen LogP contribution is -2.33. The first-order valence-corrected chi connectivity index (χ1v) is 8.51. The van der Waals surface area contributed by atoms with Gasteiger partial charge in [-0.2, -0.15) is 0 Å². The van der Waals surface area contributed by atoms with Crippen molar-refractivity contribution in [1.29, 1.82) is 0 Å². The molecule has 0 saturated carbocycles. The number of primary amides is 1. The fourth-order valence-corrected chi connectivity index (χ4v) is 3.51. The van der Waals surface area contributed by atoms with Crippen LogP contribution in [0.15, 0.2) is 42.5 Å². The van der Waals surface area contributed by atoms with Crippen LogP contribution in [0, 0.1) is 5.41 Å². The maximum Gasteiger partial charge on any atom is 0.573 e. The molecule has 1 amide bonds. The molecule has 1 atom stereocenters. The third kappa shape index (κ3) is 4.18. The molecule has 0 aliphatic heterocycles. The summed E-state index contributed by atoms with van der Waals surface area (Å²) in [7, 11) is 0. The Hall–Kier alpha value is -2.70. The van der Waals surface area contributed by atoms with Crippen LogP contribution in [0.5, 0.6) is 5.75 Å². The number of aryl methyl sites for hydroxylation is 1. The molecule has 2 aromatic carbocycles. The van der Waals surface area contributed by atoms with Crippen LogP contribution in [-0.2, 0) is 11.2 Å². The summed E-state index contributed by atoms with van der Waals surface area (Å²) in [5.41, 5.74) is 7.61. The highest BCUT2D eigenvalue weighted by Gasteiger charge is 2.38. The molecule has 0 bridgehead atoms. The van der Waals surface area contributed by atoms with Crippen molar-refractivity contribution in [2.45, 2.75) is 39.2 Å². The highest BCUT2D eigenvalue weighted by Crippen LogP contribution is 2.47. The second-order valence-corrected chi connectivity index (χ2v) is 7.26. The molecule has 27 heavy (non-hydrogen) atoms. The zero-order chi connectivity index (χ0) is 19.8. The summed E-state index contributed by atoms with van der Waals surface area (Å²) in [5.74, 6) is -0.258. The molecule has 0 aromatic heterocycles. The fourth-order valence-electron chi connectivity index (χ4n) is 3.51. The van der Waals surface area contributed by atoms with E-state index >= 15 is 0 Å². The smallest absolute Gasteiger partial charge is 0.441 e. The molecule has 1 unspecified atom stereocenters. The van der Waals surface area contributed by atoms with Crippen molar-refractivity contribution >= 4 is 6.09 Å². The molecular formula is C20H20F3NO3. The third-order valence-electron chi connectivity index (χ3n) is 4.83. The first-order valence-electron chi connectivity index (χ1n) is 8.51. The van der Waals surface area contributed by atoms with Crippen molar-refractivity contribution in [1.82, 2.24) is 0 Å². The van der Waals surface area contributed by atoms with Gasteiger partial charge in [0, 0.05) is 11.0 Å². The Morgan fingerprint density at radius 3 is 2.56 bits per heavy atom. The van der Waals surface area contributed by atoms with Crippen molar-refractivity contribution < 1.29 is 27.4 Å². The van der Waals surface area contributed by atoms with E-state index in [0.717, 1.165) is 24.0 Å². The predicted octanol–water partition coefficient (Wildman–Crippen LogP) is 5.36. The van der Waals surface area contributed by atoms with Crippen molar-refractivity contribution in [2.24, 2.45) is 11.1 Å².